The number of pyridine rings is 1. The van der Waals surface area contributed by atoms with E-state index in [0.717, 1.165) is 37.4 Å². The lowest BCUT2D eigenvalue weighted by Gasteiger charge is -2.33. The van der Waals surface area contributed by atoms with Crippen LogP contribution in [-0.4, -0.2) is 24.0 Å². The summed E-state index contributed by atoms with van der Waals surface area (Å²) in [6, 6.07) is 12.4. The molecule has 0 spiro atoms. The van der Waals surface area contributed by atoms with Crippen LogP contribution in [0.4, 0.5) is 11.5 Å². The van der Waals surface area contributed by atoms with Gasteiger partial charge in [0.1, 0.15) is 5.82 Å². The molecule has 1 unspecified atom stereocenters. The van der Waals surface area contributed by atoms with E-state index in [2.05, 4.69) is 58.7 Å². The minimum atomic E-state index is -0.0146. The highest BCUT2D eigenvalue weighted by molar-refractivity contribution is 7.17. The predicted octanol–water partition coefficient (Wildman–Crippen LogP) is 5.27. The number of nitrogens with zero attached hydrogens (tertiary/aromatic N) is 2. The Morgan fingerprint density at radius 3 is 2.81 bits per heavy atom. The van der Waals surface area contributed by atoms with Crippen LogP contribution in [0.2, 0.25) is 0 Å². The highest BCUT2D eigenvalue weighted by Crippen LogP contribution is 2.31. The van der Waals surface area contributed by atoms with Gasteiger partial charge in [0.2, 0.25) is 5.91 Å². The summed E-state index contributed by atoms with van der Waals surface area (Å²) < 4.78 is 1.25. The summed E-state index contributed by atoms with van der Waals surface area (Å²) in [5.74, 6) is 1.59. The van der Waals surface area contributed by atoms with Gasteiger partial charge in [-0.1, -0.05) is 26.0 Å². The van der Waals surface area contributed by atoms with Crippen LogP contribution < -0.4 is 10.2 Å². The van der Waals surface area contributed by atoms with Gasteiger partial charge in [-0.25, -0.2) is 4.98 Å². The molecule has 1 aliphatic heterocycles. The largest absolute Gasteiger partial charge is 0.355 e. The Hall–Kier alpha value is -2.40. The van der Waals surface area contributed by atoms with Crippen LogP contribution in [0.3, 0.4) is 0 Å². The van der Waals surface area contributed by atoms with Crippen molar-refractivity contribution < 1.29 is 4.79 Å². The highest BCUT2D eigenvalue weighted by atomic mass is 32.1. The number of nitrogens with one attached hydrogen (secondary N) is 1. The number of amides is 1. The monoisotopic (exact) mass is 379 g/mol. The summed E-state index contributed by atoms with van der Waals surface area (Å²) in [7, 11) is 0. The van der Waals surface area contributed by atoms with Gasteiger partial charge in [0, 0.05) is 35.1 Å². The molecular formula is C22H25N3OS. The maximum absolute atomic E-state index is 12.8. The second-order valence-corrected chi connectivity index (χ2v) is 8.47. The van der Waals surface area contributed by atoms with Gasteiger partial charge in [0.05, 0.1) is 5.92 Å². The third kappa shape index (κ3) is 3.83. The zero-order valence-corrected chi connectivity index (χ0v) is 16.6. The van der Waals surface area contributed by atoms with Gasteiger partial charge in [-0.2, -0.15) is 0 Å². The number of rotatable bonds is 4. The van der Waals surface area contributed by atoms with Gasteiger partial charge in [0.15, 0.2) is 0 Å². The summed E-state index contributed by atoms with van der Waals surface area (Å²) in [5, 5.41) is 6.39. The number of anilines is 2. The second kappa shape index (κ2) is 7.69. The number of benzene rings is 1. The normalized spacial score (nSPS) is 17.4. The summed E-state index contributed by atoms with van der Waals surface area (Å²) in [6.45, 7) is 6.02. The molecule has 0 saturated carbocycles. The van der Waals surface area contributed by atoms with Gasteiger partial charge in [0.25, 0.3) is 0 Å². The molecule has 1 aliphatic rings. The number of carbonyl (C=O) groups excluding carboxylic acids is 1. The van der Waals surface area contributed by atoms with Gasteiger partial charge in [-0.3, -0.25) is 4.79 Å². The summed E-state index contributed by atoms with van der Waals surface area (Å²) in [5.41, 5.74) is 2.16. The van der Waals surface area contributed by atoms with E-state index >= 15 is 0 Å². The fourth-order valence-electron chi connectivity index (χ4n) is 3.71. The minimum absolute atomic E-state index is 0.0146. The van der Waals surface area contributed by atoms with Crippen LogP contribution in [0.1, 0.15) is 38.2 Å². The van der Waals surface area contributed by atoms with E-state index in [4.69, 9.17) is 0 Å². The minimum Gasteiger partial charge on any atom is -0.355 e. The molecule has 1 amide bonds. The molecule has 1 fully saturated rings. The van der Waals surface area contributed by atoms with Crippen LogP contribution >= 0.6 is 11.3 Å². The fourth-order valence-corrected chi connectivity index (χ4v) is 4.49. The first kappa shape index (κ1) is 18.0. The SMILES string of the molecule is CC(C)c1ccc(NC(=O)C2CCCN(c3nccc4sccc34)C2)cc1. The van der Waals surface area contributed by atoms with Gasteiger partial charge in [-0.05, 0) is 54.0 Å². The number of aromatic nitrogens is 1. The third-order valence-electron chi connectivity index (χ3n) is 5.30. The van der Waals surface area contributed by atoms with Crippen LogP contribution in [0, 0.1) is 5.92 Å². The number of hydrogen-bond donors (Lipinski definition) is 1. The van der Waals surface area contributed by atoms with Crippen molar-refractivity contribution in [1.82, 2.24) is 4.98 Å². The molecule has 1 atom stereocenters. The average molecular weight is 380 g/mol. The Bertz CT molecular complexity index is 932. The van der Waals surface area contributed by atoms with Crippen molar-refractivity contribution in [3.63, 3.8) is 0 Å². The molecule has 5 heteroatoms. The molecule has 4 rings (SSSR count). The van der Waals surface area contributed by atoms with Crippen LogP contribution in [0.15, 0.2) is 48.0 Å². The lowest BCUT2D eigenvalue weighted by molar-refractivity contribution is -0.120. The van der Waals surface area contributed by atoms with Crippen LogP contribution in [-0.2, 0) is 4.79 Å². The zero-order chi connectivity index (χ0) is 18.8. The van der Waals surface area contributed by atoms with Crippen molar-refractivity contribution in [3.8, 4) is 0 Å². The van der Waals surface area contributed by atoms with Crippen molar-refractivity contribution in [2.75, 3.05) is 23.3 Å². The molecule has 1 aromatic carbocycles. The smallest absolute Gasteiger partial charge is 0.229 e. The van der Waals surface area contributed by atoms with Gasteiger partial charge >= 0.3 is 0 Å². The highest BCUT2D eigenvalue weighted by Gasteiger charge is 2.27. The third-order valence-corrected chi connectivity index (χ3v) is 6.18. The summed E-state index contributed by atoms with van der Waals surface area (Å²) in [6.07, 6.45) is 3.80. The van der Waals surface area contributed by atoms with Crippen molar-refractivity contribution in [1.29, 1.82) is 0 Å². The lowest BCUT2D eigenvalue weighted by atomic mass is 9.96. The van der Waals surface area contributed by atoms with Crippen molar-refractivity contribution in [2.45, 2.75) is 32.6 Å². The first-order valence-electron chi connectivity index (χ1n) is 9.60. The van der Waals surface area contributed by atoms with E-state index in [-0.39, 0.29) is 11.8 Å². The molecule has 1 saturated heterocycles. The first-order chi connectivity index (χ1) is 13.1. The number of fused-ring (bicyclic) bond motifs is 1. The fraction of sp³-hybridized carbons (Fsp3) is 0.364. The molecule has 27 heavy (non-hydrogen) atoms. The quantitative estimate of drug-likeness (QED) is 0.671. The molecule has 2 aromatic heterocycles. The number of thiophene rings is 1. The number of hydrogen-bond acceptors (Lipinski definition) is 4. The molecule has 3 aromatic rings. The zero-order valence-electron chi connectivity index (χ0n) is 15.8. The maximum Gasteiger partial charge on any atom is 0.229 e. The predicted molar refractivity (Wildman–Crippen MR) is 114 cm³/mol. The summed E-state index contributed by atoms with van der Waals surface area (Å²) >= 11 is 1.73. The molecular weight excluding hydrogens is 354 g/mol. The maximum atomic E-state index is 12.8. The first-order valence-corrected chi connectivity index (χ1v) is 10.5. The van der Waals surface area contributed by atoms with Crippen LogP contribution in [0.5, 0.6) is 0 Å². The van der Waals surface area contributed by atoms with Crippen molar-refractivity contribution in [3.05, 3.63) is 53.5 Å². The number of carbonyl (C=O) groups is 1. The van der Waals surface area contributed by atoms with E-state index in [1.165, 1.54) is 15.6 Å². The molecule has 3 heterocycles. The van der Waals surface area contributed by atoms with Crippen molar-refractivity contribution in [2.24, 2.45) is 5.92 Å². The topological polar surface area (TPSA) is 45.2 Å². The molecule has 0 aliphatic carbocycles. The number of piperidine rings is 1. The molecule has 0 radical (unpaired) electrons. The van der Waals surface area contributed by atoms with Crippen LogP contribution in [0.25, 0.3) is 10.1 Å². The van der Waals surface area contributed by atoms with Gasteiger partial charge < -0.3 is 10.2 Å². The Kier molecular flexibility index (Phi) is 5.12. The summed E-state index contributed by atoms with van der Waals surface area (Å²) in [4.78, 5) is 19.7. The van der Waals surface area contributed by atoms with Gasteiger partial charge in [-0.15, -0.1) is 11.3 Å². The Balaban J connectivity index is 1.46. The van der Waals surface area contributed by atoms with Crippen molar-refractivity contribution >= 4 is 38.8 Å². The van der Waals surface area contributed by atoms with E-state index in [1.54, 1.807) is 11.3 Å². The standard InChI is InChI=1S/C22H25N3OS/c1-15(2)16-5-7-18(8-6-16)24-22(26)17-4-3-12-25(14-17)21-19-10-13-27-20(19)9-11-23-21/h5-11,13,15,17H,3-4,12,14H2,1-2H3,(H,24,26). The molecule has 4 nitrogen and oxygen atoms in total. The van der Waals surface area contributed by atoms with E-state index < -0.39 is 0 Å². The van der Waals surface area contributed by atoms with E-state index in [0.29, 0.717) is 5.92 Å². The lowest BCUT2D eigenvalue weighted by Crippen LogP contribution is -2.41. The molecule has 0 bridgehead atoms. The van der Waals surface area contributed by atoms with E-state index in [1.807, 2.05) is 18.3 Å². The average Bonchev–Trinajstić information content (AvgIpc) is 3.17. The van der Waals surface area contributed by atoms with E-state index in [9.17, 15) is 4.79 Å². The Morgan fingerprint density at radius 1 is 1.22 bits per heavy atom. The Morgan fingerprint density at radius 2 is 2.04 bits per heavy atom. The molecule has 140 valence electrons. The molecule has 1 N–H and O–H groups in total. The second-order valence-electron chi connectivity index (χ2n) is 7.52. The Labute approximate surface area is 164 Å².